The number of anilines is 1. The van der Waals surface area contributed by atoms with Crippen molar-refractivity contribution in [1.29, 1.82) is 0 Å². The summed E-state index contributed by atoms with van der Waals surface area (Å²) in [5.74, 6) is 0.758. The minimum absolute atomic E-state index is 0.148. The van der Waals surface area contributed by atoms with Crippen LogP contribution in [0.3, 0.4) is 0 Å². The first-order valence-corrected chi connectivity index (χ1v) is 9.06. The molecule has 6 nitrogen and oxygen atoms in total. The molecule has 2 aromatic rings. The van der Waals surface area contributed by atoms with Crippen LogP contribution in [-0.2, 0) is 11.3 Å². The van der Waals surface area contributed by atoms with Gasteiger partial charge in [-0.15, -0.1) is 0 Å². The molecule has 0 unspecified atom stereocenters. The number of halogens is 1. The van der Waals surface area contributed by atoms with Crippen LogP contribution in [-0.4, -0.2) is 58.7 Å². The van der Waals surface area contributed by atoms with Gasteiger partial charge in [0.1, 0.15) is 0 Å². The van der Waals surface area contributed by atoms with Crippen molar-refractivity contribution in [3.63, 3.8) is 0 Å². The van der Waals surface area contributed by atoms with Crippen molar-refractivity contribution in [1.82, 2.24) is 19.9 Å². The van der Waals surface area contributed by atoms with Crippen LogP contribution in [0, 0.1) is 11.7 Å². The minimum Gasteiger partial charge on any atom is -0.375 e. The highest BCUT2D eigenvalue weighted by Gasteiger charge is 2.50. The molecular weight excluding hydrogens is 333 g/mol. The van der Waals surface area contributed by atoms with Gasteiger partial charge in [-0.2, -0.15) is 0 Å². The molecule has 0 amide bonds. The molecular formula is C19H24FN5O. The zero-order chi connectivity index (χ0) is 18.0. The van der Waals surface area contributed by atoms with Crippen molar-refractivity contribution >= 4 is 5.95 Å². The molecule has 4 rings (SSSR count). The number of likely N-dealkylation sites (N-methyl/N-ethyl adjacent to an activating group) is 1. The van der Waals surface area contributed by atoms with Gasteiger partial charge in [-0.3, -0.25) is 9.88 Å². The van der Waals surface area contributed by atoms with Crippen LogP contribution in [0.2, 0.25) is 0 Å². The molecule has 0 N–H and O–H groups in total. The molecule has 2 aliphatic heterocycles. The number of hydrogen-bond donors (Lipinski definition) is 0. The summed E-state index contributed by atoms with van der Waals surface area (Å²) in [7, 11) is 2.19. The van der Waals surface area contributed by atoms with Gasteiger partial charge in [0.05, 0.1) is 36.8 Å². The van der Waals surface area contributed by atoms with Gasteiger partial charge in [0.15, 0.2) is 5.82 Å². The zero-order valence-electron chi connectivity index (χ0n) is 15.0. The first kappa shape index (κ1) is 17.3. The lowest BCUT2D eigenvalue weighted by molar-refractivity contribution is -0.0161. The maximum absolute atomic E-state index is 13.0. The van der Waals surface area contributed by atoms with E-state index in [1.807, 2.05) is 18.2 Å². The molecule has 0 aliphatic carbocycles. The summed E-state index contributed by atoms with van der Waals surface area (Å²) in [6.07, 6.45) is 6.50. The highest BCUT2D eigenvalue weighted by molar-refractivity contribution is 5.38. The lowest BCUT2D eigenvalue weighted by Crippen LogP contribution is -2.72. The Labute approximate surface area is 153 Å². The van der Waals surface area contributed by atoms with Gasteiger partial charge in [-0.1, -0.05) is 6.07 Å². The van der Waals surface area contributed by atoms with Crippen LogP contribution in [0.1, 0.15) is 18.5 Å². The van der Waals surface area contributed by atoms with E-state index in [0.717, 1.165) is 44.8 Å². The van der Waals surface area contributed by atoms with Crippen LogP contribution in [0.25, 0.3) is 0 Å². The fourth-order valence-corrected chi connectivity index (χ4v) is 4.01. The average molecular weight is 357 g/mol. The normalized spacial score (nSPS) is 22.4. The van der Waals surface area contributed by atoms with Crippen molar-refractivity contribution < 1.29 is 9.13 Å². The van der Waals surface area contributed by atoms with Crippen molar-refractivity contribution in [2.45, 2.75) is 25.0 Å². The van der Waals surface area contributed by atoms with Gasteiger partial charge in [0.25, 0.3) is 0 Å². The summed E-state index contributed by atoms with van der Waals surface area (Å²) in [6, 6.07) is 5.89. The monoisotopic (exact) mass is 357 g/mol. The Morgan fingerprint density at radius 3 is 2.77 bits per heavy atom. The predicted molar refractivity (Wildman–Crippen MR) is 96.2 cm³/mol. The number of aromatic nitrogens is 3. The van der Waals surface area contributed by atoms with E-state index >= 15 is 0 Å². The Hall–Kier alpha value is -2.12. The third kappa shape index (κ3) is 3.54. The Balaban J connectivity index is 1.30. The zero-order valence-corrected chi connectivity index (χ0v) is 15.0. The number of likely N-dealkylation sites (tertiary alicyclic amines) is 1. The van der Waals surface area contributed by atoms with Gasteiger partial charge in [0, 0.05) is 19.3 Å². The van der Waals surface area contributed by atoms with Crippen molar-refractivity contribution in [2.24, 2.45) is 5.92 Å². The van der Waals surface area contributed by atoms with E-state index in [9.17, 15) is 4.39 Å². The fourth-order valence-electron chi connectivity index (χ4n) is 4.01. The number of ether oxygens (including phenoxy) is 1. The van der Waals surface area contributed by atoms with E-state index in [1.54, 1.807) is 6.20 Å². The molecule has 1 atom stereocenters. The van der Waals surface area contributed by atoms with Gasteiger partial charge in [0.2, 0.25) is 5.95 Å². The van der Waals surface area contributed by atoms with E-state index in [1.165, 1.54) is 12.4 Å². The summed E-state index contributed by atoms with van der Waals surface area (Å²) in [5, 5.41) is 0. The summed E-state index contributed by atoms with van der Waals surface area (Å²) in [6.45, 7) is 4.16. The van der Waals surface area contributed by atoms with E-state index in [4.69, 9.17) is 4.74 Å². The highest BCUT2D eigenvalue weighted by Crippen LogP contribution is 2.39. The number of nitrogens with zero attached hydrogens (tertiary/aromatic N) is 5. The molecule has 7 heteroatoms. The highest BCUT2D eigenvalue weighted by atomic mass is 19.1. The minimum atomic E-state index is -0.399. The average Bonchev–Trinajstić information content (AvgIpc) is 2.63. The Morgan fingerprint density at radius 1 is 1.23 bits per heavy atom. The topological polar surface area (TPSA) is 54.4 Å². The molecule has 0 aromatic carbocycles. The summed E-state index contributed by atoms with van der Waals surface area (Å²) >= 11 is 0. The number of rotatable bonds is 5. The quantitative estimate of drug-likeness (QED) is 0.817. The van der Waals surface area contributed by atoms with Crippen LogP contribution in [0.4, 0.5) is 10.3 Å². The molecule has 1 spiro atoms. The molecule has 2 aromatic heterocycles. The van der Waals surface area contributed by atoms with Crippen LogP contribution in [0.15, 0.2) is 36.8 Å². The van der Waals surface area contributed by atoms with E-state index < -0.39 is 5.82 Å². The first-order valence-electron chi connectivity index (χ1n) is 9.06. The van der Waals surface area contributed by atoms with E-state index in [-0.39, 0.29) is 5.54 Å². The maximum atomic E-state index is 13.0. The lowest BCUT2D eigenvalue weighted by Gasteiger charge is -2.58. The molecule has 0 saturated carbocycles. The van der Waals surface area contributed by atoms with Crippen molar-refractivity contribution in [3.05, 3.63) is 48.3 Å². The van der Waals surface area contributed by atoms with Crippen LogP contribution < -0.4 is 4.90 Å². The summed E-state index contributed by atoms with van der Waals surface area (Å²) in [5.41, 5.74) is 1.12. The van der Waals surface area contributed by atoms with Gasteiger partial charge in [-0.25, -0.2) is 14.4 Å². The maximum Gasteiger partial charge on any atom is 0.225 e. The van der Waals surface area contributed by atoms with E-state index in [0.29, 0.717) is 18.5 Å². The predicted octanol–water partition coefficient (Wildman–Crippen LogP) is 2.13. The van der Waals surface area contributed by atoms with Gasteiger partial charge < -0.3 is 9.64 Å². The first-order chi connectivity index (χ1) is 12.6. The SMILES string of the molecule is CN1CC[C@@H](COCc2ccccn2)CC12CN(c1ncc(F)cn1)C2. The summed E-state index contributed by atoms with van der Waals surface area (Å²) in [4.78, 5) is 17.1. The molecule has 26 heavy (non-hydrogen) atoms. The molecule has 0 bridgehead atoms. The van der Waals surface area contributed by atoms with Crippen molar-refractivity contribution in [3.8, 4) is 0 Å². The lowest BCUT2D eigenvalue weighted by atomic mass is 9.75. The third-order valence-electron chi connectivity index (χ3n) is 5.54. The van der Waals surface area contributed by atoms with Crippen molar-refractivity contribution in [2.75, 3.05) is 38.2 Å². The smallest absolute Gasteiger partial charge is 0.225 e. The number of pyridine rings is 1. The second-order valence-corrected chi connectivity index (χ2v) is 7.40. The molecule has 2 saturated heterocycles. The Bertz CT molecular complexity index is 720. The standard InChI is InChI=1S/C19H24FN5O/c1-24-7-5-15(11-26-12-17-4-2-3-6-21-17)8-19(24)13-25(14-19)18-22-9-16(20)10-23-18/h2-4,6,9-10,15H,5,7-8,11-14H2,1H3/t15-/m1/s1. The fraction of sp³-hybridized carbons (Fsp3) is 0.526. The Kier molecular flexibility index (Phi) is 4.82. The number of hydrogen-bond acceptors (Lipinski definition) is 6. The number of piperidine rings is 1. The largest absolute Gasteiger partial charge is 0.375 e. The van der Waals surface area contributed by atoms with Gasteiger partial charge >= 0.3 is 0 Å². The third-order valence-corrected chi connectivity index (χ3v) is 5.54. The molecule has 0 radical (unpaired) electrons. The van der Waals surface area contributed by atoms with E-state index in [2.05, 4.69) is 31.8 Å². The molecule has 2 aliphatic rings. The molecule has 4 heterocycles. The Morgan fingerprint density at radius 2 is 2.04 bits per heavy atom. The second-order valence-electron chi connectivity index (χ2n) is 7.40. The molecule has 138 valence electrons. The van der Waals surface area contributed by atoms with Crippen LogP contribution >= 0.6 is 0 Å². The second kappa shape index (κ2) is 7.25. The van der Waals surface area contributed by atoms with Crippen LogP contribution in [0.5, 0.6) is 0 Å². The summed E-state index contributed by atoms with van der Waals surface area (Å²) < 4.78 is 18.9. The molecule has 2 fully saturated rings. The van der Waals surface area contributed by atoms with Gasteiger partial charge in [-0.05, 0) is 44.5 Å².